The van der Waals surface area contributed by atoms with E-state index in [0.29, 0.717) is 11.3 Å². The molecule has 0 aliphatic carbocycles. The number of aromatic amines is 1. The molecule has 5 N–H and O–H groups in total. The Morgan fingerprint density at radius 2 is 1.69 bits per heavy atom. The number of carbonyl (C=O) groups excluding carboxylic acids is 3. The Balaban J connectivity index is 1.50. The molecule has 36 heavy (non-hydrogen) atoms. The lowest BCUT2D eigenvalue weighted by Crippen LogP contribution is -2.44. The van der Waals surface area contributed by atoms with Crippen LogP contribution in [-0.4, -0.2) is 34.0 Å². The van der Waals surface area contributed by atoms with Crippen LogP contribution in [0.1, 0.15) is 21.5 Å². The Bertz CT molecular complexity index is 1410. The summed E-state index contributed by atoms with van der Waals surface area (Å²) in [5.74, 6) is -2.01. The SMILES string of the molecule is O=C(/C=C/c1ccc(C(=O)NO)cc1)N[C@@H](Cc1c[nH]c2ccccc12)C(=O)Nc1ccc(F)cc1. The summed E-state index contributed by atoms with van der Waals surface area (Å²) >= 11 is 0. The molecule has 1 atom stereocenters. The largest absolute Gasteiger partial charge is 0.361 e. The maximum Gasteiger partial charge on any atom is 0.274 e. The van der Waals surface area contributed by atoms with E-state index >= 15 is 0 Å². The molecule has 4 aromatic rings. The van der Waals surface area contributed by atoms with E-state index in [1.807, 2.05) is 24.3 Å². The van der Waals surface area contributed by atoms with Gasteiger partial charge in [0.2, 0.25) is 11.8 Å². The van der Waals surface area contributed by atoms with Crippen molar-refractivity contribution < 1.29 is 24.0 Å². The van der Waals surface area contributed by atoms with E-state index in [1.54, 1.807) is 23.8 Å². The molecule has 0 aliphatic heterocycles. The normalized spacial score (nSPS) is 11.8. The van der Waals surface area contributed by atoms with Gasteiger partial charge in [0.15, 0.2) is 0 Å². The highest BCUT2D eigenvalue weighted by molar-refractivity contribution is 6.00. The molecule has 8 nitrogen and oxygen atoms in total. The molecule has 0 saturated carbocycles. The van der Waals surface area contributed by atoms with Crippen LogP contribution in [0.2, 0.25) is 0 Å². The standard InChI is InChI=1S/C27H23FN4O4/c28-20-10-12-21(13-11-20)30-27(35)24(15-19-16-29-23-4-2-1-3-22(19)23)31-25(33)14-7-17-5-8-18(9-6-17)26(34)32-36/h1-14,16,24,29,36H,15H2,(H,30,35)(H,31,33)(H,32,34)/b14-7+/t24-/m0/s1. The molecule has 0 radical (unpaired) electrons. The van der Waals surface area contributed by atoms with Gasteiger partial charge in [-0.3, -0.25) is 19.6 Å². The molecule has 0 spiro atoms. The average molecular weight is 487 g/mol. The predicted octanol–water partition coefficient (Wildman–Crippen LogP) is 3.81. The predicted molar refractivity (Wildman–Crippen MR) is 134 cm³/mol. The Kier molecular flexibility index (Phi) is 7.52. The quantitative estimate of drug-likeness (QED) is 0.148. The molecule has 0 fully saturated rings. The molecule has 9 heteroatoms. The fourth-order valence-corrected chi connectivity index (χ4v) is 3.69. The van der Waals surface area contributed by atoms with Crippen molar-refractivity contribution in [1.82, 2.24) is 15.8 Å². The van der Waals surface area contributed by atoms with Crippen LogP contribution in [-0.2, 0) is 16.0 Å². The van der Waals surface area contributed by atoms with Crippen molar-refractivity contribution in [3.63, 3.8) is 0 Å². The zero-order valence-corrected chi connectivity index (χ0v) is 19.0. The molecular formula is C27H23FN4O4. The number of anilines is 1. The van der Waals surface area contributed by atoms with Crippen molar-refractivity contribution >= 4 is 40.4 Å². The van der Waals surface area contributed by atoms with Crippen molar-refractivity contribution in [3.05, 3.63) is 108 Å². The Labute approximate surface area is 205 Å². The molecule has 3 amide bonds. The number of carbonyl (C=O) groups is 3. The second kappa shape index (κ2) is 11.1. The van der Waals surface area contributed by atoms with E-state index in [4.69, 9.17) is 5.21 Å². The number of benzene rings is 3. The number of hydrogen-bond acceptors (Lipinski definition) is 4. The molecule has 0 bridgehead atoms. The maximum atomic E-state index is 13.2. The van der Waals surface area contributed by atoms with E-state index in [9.17, 15) is 18.8 Å². The van der Waals surface area contributed by atoms with Crippen LogP contribution in [0.25, 0.3) is 17.0 Å². The van der Waals surface area contributed by atoms with Gasteiger partial charge in [0.25, 0.3) is 5.91 Å². The van der Waals surface area contributed by atoms with Gasteiger partial charge in [-0.1, -0.05) is 30.3 Å². The van der Waals surface area contributed by atoms with Crippen LogP contribution >= 0.6 is 0 Å². The second-order valence-electron chi connectivity index (χ2n) is 8.02. The third-order valence-corrected chi connectivity index (χ3v) is 5.55. The Morgan fingerprint density at radius 3 is 2.42 bits per heavy atom. The number of para-hydroxylation sites is 1. The van der Waals surface area contributed by atoms with Gasteiger partial charge in [0.05, 0.1) is 0 Å². The lowest BCUT2D eigenvalue weighted by atomic mass is 10.0. The minimum Gasteiger partial charge on any atom is -0.361 e. The van der Waals surface area contributed by atoms with Crippen LogP contribution in [0.3, 0.4) is 0 Å². The summed E-state index contributed by atoms with van der Waals surface area (Å²) in [4.78, 5) is 40.4. The second-order valence-corrected chi connectivity index (χ2v) is 8.02. The van der Waals surface area contributed by atoms with Gasteiger partial charge >= 0.3 is 0 Å². The number of H-pyrrole nitrogens is 1. The molecule has 3 aromatic carbocycles. The van der Waals surface area contributed by atoms with Crippen molar-refractivity contribution in [2.45, 2.75) is 12.5 Å². The summed E-state index contributed by atoms with van der Waals surface area (Å²) in [5.41, 5.74) is 4.62. The first-order valence-electron chi connectivity index (χ1n) is 11.1. The average Bonchev–Trinajstić information content (AvgIpc) is 3.31. The Hall–Kier alpha value is -4.76. The molecule has 1 aromatic heterocycles. The van der Waals surface area contributed by atoms with E-state index in [-0.39, 0.29) is 12.0 Å². The minimum absolute atomic E-state index is 0.224. The number of amides is 3. The van der Waals surface area contributed by atoms with Gasteiger partial charge in [-0.25, -0.2) is 9.87 Å². The van der Waals surface area contributed by atoms with Crippen molar-refractivity contribution in [3.8, 4) is 0 Å². The first-order valence-corrected chi connectivity index (χ1v) is 11.1. The van der Waals surface area contributed by atoms with Gasteiger partial charge in [-0.15, -0.1) is 0 Å². The fraction of sp³-hybridized carbons (Fsp3) is 0.0741. The molecular weight excluding hydrogens is 463 g/mol. The van der Waals surface area contributed by atoms with Crippen LogP contribution in [0.4, 0.5) is 10.1 Å². The van der Waals surface area contributed by atoms with E-state index in [0.717, 1.165) is 16.5 Å². The van der Waals surface area contributed by atoms with Crippen LogP contribution in [0.15, 0.2) is 85.1 Å². The third-order valence-electron chi connectivity index (χ3n) is 5.55. The Morgan fingerprint density at radius 1 is 0.972 bits per heavy atom. The molecule has 0 saturated heterocycles. The number of hydrogen-bond donors (Lipinski definition) is 5. The highest BCUT2D eigenvalue weighted by Gasteiger charge is 2.22. The molecule has 1 heterocycles. The van der Waals surface area contributed by atoms with Gasteiger partial charge in [0.1, 0.15) is 11.9 Å². The fourth-order valence-electron chi connectivity index (χ4n) is 3.69. The molecule has 0 unspecified atom stereocenters. The highest BCUT2D eigenvalue weighted by Crippen LogP contribution is 2.20. The smallest absolute Gasteiger partial charge is 0.274 e. The summed E-state index contributed by atoms with van der Waals surface area (Å²) in [6.45, 7) is 0. The van der Waals surface area contributed by atoms with Gasteiger partial charge in [-0.2, -0.15) is 0 Å². The minimum atomic E-state index is -0.915. The van der Waals surface area contributed by atoms with Crippen molar-refractivity contribution in [2.75, 3.05) is 5.32 Å². The zero-order valence-electron chi connectivity index (χ0n) is 19.0. The van der Waals surface area contributed by atoms with Gasteiger partial charge in [0, 0.05) is 40.8 Å². The van der Waals surface area contributed by atoms with E-state index in [2.05, 4.69) is 15.6 Å². The molecule has 0 aliphatic rings. The number of aromatic nitrogens is 1. The molecule has 182 valence electrons. The number of nitrogens with one attached hydrogen (secondary N) is 4. The van der Waals surface area contributed by atoms with E-state index < -0.39 is 29.6 Å². The van der Waals surface area contributed by atoms with Gasteiger partial charge in [-0.05, 0) is 59.7 Å². The maximum absolute atomic E-state index is 13.2. The van der Waals surface area contributed by atoms with Crippen LogP contribution < -0.4 is 16.1 Å². The summed E-state index contributed by atoms with van der Waals surface area (Å²) in [6, 6.07) is 18.3. The highest BCUT2D eigenvalue weighted by atomic mass is 19.1. The first-order chi connectivity index (χ1) is 17.4. The number of hydroxylamine groups is 1. The summed E-state index contributed by atoms with van der Waals surface area (Å²) in [6.07, 6.45) is 4.85. The first kappa shape index (κ1) is 24.4. The summed E-state index contributed by atoms with van der Waals surface area (Å²) in [7, 11) is 0. The van der Waals surface area contributed by atoms with Crippen molar-refractivity contribution in [2.24, 2.45) is 0 Å². The van der Waals surface area contributed by atoms with E-state index in [1.165, 1.54) is 48.6 Å². The van der Waals surface area contributed by atoms with Crippen molar-refractivity contribution in [1.29, 1.82) is 0 Å². The van der Waals surface area contributed by atoms with Crippen LogP contribution in [0.5, 0.6) is 0 Å². The van der Waals surface area contributed by atoms with Crippen LogP contribution in [0, 0.1) is 5.82 Å². The summed E-state index contributed by atoms with van der Waals surface area (Å²) < 4.78 is 13.2. The number of fused-ring (bicyclic) bond motifs is 1. The monoisotopic (exact) mass is 486 g/mol. The number of halogens is 1. The lowest BCUT2D eigenvalue weighted by Gasteiger charge is -2.18. The third kappa shape index (κ3) is 6.02. The topological polar surface area (TPSA) is 123 Å². The lowest BCUT2D eigenvalue weighted by molar-refractivity contribution is -0.123. The zero-order chi connectivity index (χ0) is 25.5. The number of rotatable bonds is 8. The summed E-state index contributed by atoms with van der Waals surface area (Å²) in [5, 5.41) is 15.1. The van der Waals surface area contributed by atoms with Gasteiger partial charge < -0.3 is 15.6 Å². The molecule has 4 rings (SSSR count).